The SMILES string of the molecule is CCCCCCCC(CCCCCCC)N(CCC(F)(F)F)S(N)(=O)=O. The van der Waals surface area contributed by atoms with Crippen LogP contribution >= 0.6 is 0 Å². The molecule has 0 radical (unpaired) electrons. The van der Waals surface area contributed by atoms with Crippen LogP contribution in [0.3, 0.4) is 0 Å². The second-order valence-electron chi connectivity index (χ2n) is 7.08. The summed E-state index contributed by atoms with van der Waals surface area (Å²) < 4.78 is 62.4. The van der Waals surface area contributed by atoms with E-state index in [2.05, 4.69) is 13.8 Å². The van der Waals surface area contributed by atoms with Crippen LogP contribution in [0.15, 0.2) is 0 Å². The molecule has 2 N–H and O–H groups in total. The highest BCUT2D eigenvalue weighted by Gasteiger charge is 2.33. The molecule has 0 heterocycles. The van der Waals surface area contributed by atoms with Crippen molar-refractivity contribution in [1.82, 2.24) is 4.31 Å². The molecule has 0 saturated carbocycles. The highest BCUT2D eigenvalue weighted by molar-refractivity contribution is 7.86. The molecule has 0 atom stereocenters. The molecular weight excluding hydrogens is 365 g/mol. The Morgan fingerprint density at radius 1 is 0.846 bits per heavy atom. The summed E-state index contributed by atoms with van der Waals surface area (Å²) in [5, 5.41) is 5.24. The summed E-state index contributed by atoms with van der Waals surface area (Å²) in [6.45, 7) is 3.63. The Bertz CT molecular complexity index is 428. The Labute approximate surface area is 157 Å². The second kappa shape index (κ2) is 13.8. The van der Waals surface area contributed by atoms with Gasteiger partial charge in [-0.25, -0.2) is 5.14 Å². The summed E-state index contributed by atoms with van der Waals surface area (Å²) in [5.41, 5.74) is 0. The van der Waals surface area contributed by atoms with Crippen LogP contribution in [-0.2, 0) is 10.2 Å². The van der Waals surface area contributed by atoms with E-state index in [0.717, 1.165) is 68.5 Å². The van der Waals surface area contributed by atoms with Crippen LogP contribution < -0.4 is 5.14 Å². The molecule has 0 aliphatic rings. The van der Waals surface area contributed by atoms with Gasteiger partial charge in [-0.3, -0.25) is 0 Å². The highest BCUT2D eigenvalue weighted by Crippen LogP contribution is 2.24. The van der Waals surface area contributed by atoms with Gasteiger partial charge in [0.25, 0.3) is 10.2 Å². The zero-order chi connectivity index (χ0) is 20.1. The van der Waals surface area contributed by atoms with Gasteiger partial charge in [-0.1, -0.05) is 78.1 Å². The molecule has 0 spiro atoms. The summed E-state index contributed by atoms with van der Waals surface area (Å²) >= 11 is 0. The molecule has 0 bridgehead atoms. The van der Waals surface area contributed by atoms with Gasteiger partial charge in [0, 0.05) is 12.6 Å². The molecule has 0 aromatic heterocycles. The average Bonchev–Trinajstić information content (AvgIpc) is 2.51. The van der Waals surface area contributed by atoms with E-state index in [1.165, 1.54) is 0 Å². The topological polar surface area (TPSA) is 63.4 Å². The minimum Gasteiger partial charge on any atom is -0.216 e. The van der Waals surface area contributed by atoms with Crippen molar-refractivity contribution in [3.63, 3.8) is 0 Å². The van der Waals surface area contributed by atoms with Crippen LogP contribution in [0.25, 0.3) is 0 Å². The van der Waals surface area contributed by atoms with E-state index in [1.54, 1.807) is 0 Å². The first-order valence-corrected chi connectivity index (χ1v) is 11.5. The molecule has 26 heavy (non-hydrogen) atoms. The number of unbranched alkanes of at least 4 members (excludes halogenated alkanes) is 8. The number of nitrogens with two attached hydrogens (primary N) is 1. The first-order chi connectivity index (χ1) is 12.1. The minimum absolute atomic E-state index is 0.435. The highest BCUT2D eigenvalue weighted by atomic mass is 32.2. The summed E-state index contributed by atoms with van der Waals surface area (Å²) in [6.07, 6.45) is 5.76. The van der Waals surface area contributed by atoms with Crippen LogP contribution in [0.2, 0.25) is 0 Å². The maximum atomic E-state index is 12.6. The van der Waals surface area contributed by atoms with Crippen LogP contribution in [-0.4, -0.2) is 31.5 Å². The minimum atomic E-state index is -4.39. The summed E-state index contributed by atoms with van der Waals surface area (Å²) in [7, 11) is -4.15. The van der Waals surface area contributed by atoms with Gasteiger partial charge in [0.2, 0.25) is 0 Å². The van der Waals surface area contributed by atoms with Gasteiger partial charge in [-0.15, -0.1) is 0 Å². The van der Waals surface area contributed by atoms with Crippen LogP contribution in [0.4, 0.5) is 13.2 Å². The number of hydrogen-bond acceptors (Lipinski definition) is 2. The van der Waals surface area contributed by atoms with Crippen LogP contribution in [0.5, 0.6) is 0 Å². The lowest BCUT2D eigenvalue weighted by molar-refractivity contribution is -0.136. The van der Waals surface area contributed by atoms with E-state index in [9.17, 15) is 21.6 Å². The van der Waals surface area contributed by atoms with Crippen molar-refractivity contribution in [3.05, 3.63) is 0 Å². The molecular formula is C18H37F3N2O2S. The number of hydrogen-bond donors (Lipinski definition) is 1. The summed E-state index contributed by atoms with van der Waals surface area (Å²) in [4.78, 5) is 0. The van der Waals surface area contributed by atoms with Crippen molar-refractivity contribution >= 4 is 10.2 Å². The fourth-order valence-electron chi connectivity index (χ4n) is 3.15. The summed E-state index contributed by atoms with van der Waals surface area (Å²) in [5.74, 6) is 0. The number of rotatable bonds is 16. The van der Waals surface area contributed by atoms with Gasteiger partial charge < -0.3 is 0 Å². The van der Waals surface area contributed by atoms with E-state index in [4.69, 9.17) is 5.14 Å². The lowest BCUT2D eigenvalue weighted by Crippen LogP contribution is -2.45. The maximum absolute atomic E-state index is 12.6. The molecule has 0 unspecified atom stereocenters. The van der Waals surface area contributed by atoms with E-state index >= 15 is 0 Å². The van der Waals surface area contributed by atoms with Gasteiger partial charge in [-0.05, 0) is 12.8 Å². The van der Waals surface area contributed by atoms with E-state index in [1.807, 2.05) is 0 Å². The smallest absolute Gasteiger partial charge is 0.216 e. The molecule has 0 rings (SSSR count). The molecule has 0 aliphatic heterocycles. The van der Waals surface area contributed by atoms with E-state index in [-0.39, 0.29) is 0 Å². The fraction of sp³-hybridized carbons (Fsp3) is 1.00. The Hall–Kier alpha value is -0.340. The van der Waals surface area contributed by atoms with Crippen molar-refractivity contribution < 1.29 is 21.6 Å². The molecule has 0 fully saturated rings. The third-order valence-corrected chi connectivity index (χ3v) is 5.77. The molecule has 8 heteroatoms. The second-order valence-corrected chi connectivity index (χ2v) is 8.58. The molecule has 4 nitrogen and oxygen atoms in total. The van der Waals surface area contributed by atoms with Crippen molar-refractivity contribution in [2.24, 2.45) is 5.14 Å². The van der Waals surface area contributed by atoms with Gasteiger partial charge in [0.1, 0.15) is 0 Å². The zero-order valence-corrected chi connectivity index (χ0v) is 17.2. The van der Waals surface area contributed by atoms with Crippen molar-refractivity contribution in [3.8, 4) is 0 Å². The lowest BCUT2D eigenvalue weighted by atomic mass is 10.00. The Kier molecular flexibility index (Phi) is 13.6. The molecule has 0 aromatic rings. The third kappa shape index (κ3) is 13.8. The quantitative estimate of drug-likeness (QED) is 0.345. The number of alkyl halides is 3. The Balaban J connectivity index is 4.82. The number of halogens is 3. The standard InChI is InChI=1S/C18H37F3N2O2S/c1-3-5-7-9-11-13-17(14-12-10-8-6-4-2)23(26(22,24)25)16-15-18(19,20)21/h17H,3-16H2,1-2H3,(H2,22,24,25). The van der Waals surface area contributed by atoms with E-state index in [0.29, 0.717) is 12.8 Å². The maximum Gasteiger partial charge on any atom is 0.390 e. The van der Waals surface area contributed by atoms with Gasteiger partial charge in [0.15, 0.2) is 0 Å². The van der Waals surface area contributed by atoms with Crippen molar-refractivity contribution in [2.45, 2.75) is 110 Å². The van der Waals surface area contributed by atoms with Gasteiger partial charge in [0.05, 0.1) is 6.42 Å². The monoisotopic (exact) mass is 402 g/mol. The first-order valence-electron chi connectivity index (χ1n) is 9.98. The number of nitrogens with zero attached hydrogens (tertiary/aromatic N) is 1. The van der Waals surface area contributed by atoms with Crippen molar-refractivity contribution in [1.29, 1.82) is 0 Å². The first kappa shape index (κ1) is 25.7. The molecule has 0 saturated heterocycles. The normalized spacial score (nSPS) is 13.1. The average molecular weight is 403 g/mol. The zero-order valence-electron chi connectivity index (χ0n) is 16.4. The fourth-order valence-corrected chi connectivity index (χ4v) is 4.13. The molecule has 158 valence electrons. The van der Waals surface area contributed by atoms with Crippen LogP contribution in [0.1, 0.15) is 97.3 Å². The van der Waals surface area contributed by atoms with Crippen LogP contribution in [0, 0.1) is 0 Å². The Morgan fingerprint density at radius 3 is 1.62 bits per heavy atom. The van der Waals surface area contributed by atoms with E-state index < -0.39 is 35.4 Å². The lowest BCUT2D eigenvalue weighted by Gasteiger charge is -2.30. The predicted molar refractivity (Wildman–Crippen MR) is 101 cm³/mol. The summed E-state index contributed by atoms with van der Waals surface area (Å²) in [6, 6.07) is -0.435. The van der Waals surface area contributed by atoms with Gasteiger partial charge >= 0.3 is 6.18 Å². The Morgan fingerprint density at radius 2 is 1.27 bits per heavy atom. The predicted octanol–water partition coefficient (Wildman–Crippen LogP) is 5.53. The molecule has 0 aliphatic carbocycles. The molecule has 0 amide bonds. The third-order valence-electron chi connectivity index (χ3n) is 4.63. The van der Waals surface area contributed by atoms with Gasteiger partial charge in [-0.2, -0.15) is 25.9 Å². The molecule has 0 aromatic carbocycles. The van der Waals surface area contributed by atoms with Crippen molar-refractivity contribution in [2.75, 3.05) is 6.54 Å². The largest absolute Gasteiger partial charge is 0.390 e.